The predicted molar refractivity (Wildman–Crippen MR) is 74.5 cm³/mol. The Kier molecular flexibility index (Phi) is 4.15. The van der Waals surface area contributed by atoms with E-state index in [0.717, 1.165) is 19.5 Å². The average Bonchev–Trinajstić information content (AvgIpc) is 2.75. The van der Waals surface area contributed by atoms with E-state index in [1.165, 1.54) is 22.4 Å². The van der Waals surface area contributed by atoms with Gasteiger partial charge >= 0.3 is 0 Å². The minimum atomic E-state index is 0.930. The number of aromatic nitrogens is 2. The summed E-state index contributed by atoms with van der Waals surface area (Å²) in [4.78, 5) is 0. The first-order valence-corrected chi connectivity index (χ1v) is 6.40. The van der Waals surface area contributed by atoms with Gasteiger partial charge in [-0.15, -0.1) is 0 Å². The molecular weight excluding hydrogens is 222 g/mol. The van der Waals surface area contributed by atoms with Crippen molar-refractivity contribution in [3.05, 3.63) is 52.8 Å². The SMILES string of the molecule is Cc1ccc(CNCCc2ccnn2C)cc1C. The lowest BCUT2D eigenvalue weighted by atomic mass is 10.1. The first-order chi connectivity index (χ1) is 8.66. The van der Waals surface area contributed by atoms with Gasteiger partial charge in [0.2, 0.25) is 0 Å². The van der Waals surface area contributed by atoms with E-state index in [1.54, 1.807) is 0 Å². The first-order valence-electron chi connectivity index (χ1n) is 6.40. The molecule has 0 saturated heterocycles. The van der Waals surface area contributed by atoms with Crippen LogP contribution in [0.2, 0.25) is 0 Å². The summed E-state index contributed by atoms with van der Waals surface area (Å²) in [5.74, 6) is 0. The highest BCUT2D eigenvalue weighted by Gasteiger charge is 1.99. The van der Waals surface area contributed by atoms with E-state index >= 15 is 0 Å². The molecule has 1 heterocycles. The summed E-state index contributed by atoms with van der Waals surface area (Å²) in [5.41, 5.74) is 5.33. The second-order valence-corrected chi connectivity index (χ2v) is 4.79. The monoisotopic (exact) mass is 243 g/mol. The van der Waals surface area contributed by atoms with E-state index in [4.69, 9.17) is 0 Å². The van der Waals surface area contributed by atoms with Crippen LogP contribution >= 0.6 is 0 Å². The lowest BCUT2D eigenvalue weighted by molar-refractivity contribution is 0.643. The zero-order chi connectivity index (χ0) is 13.0. The Bertz CT molecular complexity index is 514. The van der Waals surface area contributed by atoms with Crippen molar-refractivity contribution >= 4 is 0 Å². The highest BCUT2D eigenvalue weighted by molar-refractivity contribution is 5.29. The molecule has 2 aromatic rings. The summed E-state index contributed by atoms with van der Waals surface area (Å²) in [6.07, 6.45) is 2.86. The molecular formula is C15H21N3. The van der Waals surface area contributed by atoms with Gasteiger partial charge in [-0.3, -0.25) is 4.68 Å². The van der Waals surface area contributed by atoms with Crippen LogP contribution in [0.3, 0.4) is 0 Å². The van der Waals surface area contributed by atoms with E-state index in [-0.39, 0.29) is 0 Å². The van der Waals surface area contributed by atoms with Gasteiger partial charge < -0.3 is 5.32 Å². The van der Waals surface area contributed by atoms with Crippen LogP contribution in [0.5, 0.6) is 0 Å². The molecule has 1 aromatic heterocycles. The summed E-state index contributed by atoms with van der Waals surface area (Å²) >= 11 is 0. The van der Waals surface area contributed by atoms with Crippen LogP contribution in [0.25, 0.3) is 0 Å². The van der Waals surface area contributed by atoms with Gasteiger partial charge in [0.15, 0.2) is 0 Å². The topological polar surface area (TPSA) is 29.9 Å². The quantitative estimate of drug-likeness (QED) is 0.817. The molecule has 0 unspecified atom stereocenters. The molecule has 0 atom stereocenters. The van der Waals surface area contributed by atoms with E-state index in [1.807, 2.05) is 17.9 Å². The van der Waals surface area contributed by atoms with E-state index in [2.05, 4.69) is 48.5 Å². The van der Waals surface area contributed by atoms with Gasteiger partial charge in [0.1, 0.15) is 0 Å². The molecule has 2 rings (SSSR count). The van der Waals surface area contributed by atoms with Crippen molar-refractivity contribution in [2.45, 2.75) is 26.8 Å². The largest absolute Gasteiger partial charge is 0.312 e. The molecule has 1 aromatic carbocycles. The van der Waals surface area contributed by atoms with Gasteiger partial charge in [0.25, 0.3) is 0 Å². The third-order valence-corrected chi connectivity index (χ3v) is 3.38. The van der Waals surface area contributed by atoms with Crippen LogP contribution in [0.1, 0.15) is 22.4 Å². The fourth-order valence-corrected chi connectivity index (χ4v) is 2.01. The zero-order valence-electron chi connectivity index (χ0n) is 11.4. The standard InChI is InChI=1S/C15H21N3/c1-12-4-5-14(10-13(12)2)11-16-8-6-15-7-9-17-18(15)3/h4-5,7,9-10,16H,6,8,11H2,1-3H3. The zero-order valence-corrected chi connectivity index (χ0v) is 11.4. The average molecular weight is 243 g/mol. The number of benzene rings is 1. The highest BCUT2D eigenvalue weighted by Crippen LogP contribution is 2.09. The fourth-order valence-electron chi connectivity index (χ4n) is 2.01. The van der Waals surface area contributed by atoms with Crippen LogP contribution in [-0.2, 0) is 20.0 Å². The van der Waals surface area contributed by atoms with Crippen molar-refractivity contribution in [2.24, 2.45) is 7.05 Å². The van der Waals surface area contributed by atoms with Crippen LogP contribution in [0, 0.1) is 13.8 Å². The molecule has 3 nitrogen and oxygen atoms in total. The fraction of sp³-hybridized carbons (Fsp3) is 0.400. The van der Waals surface area contributed by atoms with Gasteiger partial charge in [-0.2, -0.15) is 5.10 Å². The Morgan fingerprint density at radius 3 is 2.67 bits per heavy atom. The van der Waals surface area contributed by atoms with Crippen molar-refractivity contribution < 1.29 is 0 Å². The Balaban J connectivity index is 1.78. The third-order valence-electron chi connectivity index (χ3n) is 3.38. The molecule has 0 bridgehead atoms. The summed E-state index contributed by atoms with van der Waals surface area (Å²) in [6, 6.07) is 8.71. The van der Waals surface area contributed by atoms with Crippen LogP contribution in [0.15, 0.2) is 30.5 Å². The maximum Gasteiger partial charge on any atom is 0.0492 e. The van der Waals surface area contributed by atoms with Gasteiger partial charge in [-0.05, 0) is 36.6 Å². The lowest BCUT2D eigenvalue weighted by Crippen LogP contribution is -2.18. The molecule has 0 aliphatic rings. The Hall–Kier alpha value is -1.61. The van der Waals surface area contributed by atoms with Crippen LogP contribution < -0.4 is 5.32 Å². The molecule has 1 N–H and O–H groups in total. The number of aryl methyl sites for hydroxylation is 3. The minimum absolute atomic E-state index is 0.930. The maximum atomic E-state index is 4.16. The second kappa shape index (κ2) is 5.83. The summed E-state index contributed by atoms with van der Waals surface area (Å²) in [5, 5.41) is 7.64. The third kappa shape index (κ3) is 3.20. The van der Waals surface area contributed by atoms with Crippen molar-refractivity contribution in [1.82, 2.24) is 15.1 Å². The van der Waals surface area contributed by atoms with E-state index < -0.39 is 0 Å². The van der Waals surface area contributed by atoms with Crippen molar-refractivity contribution in [2.75, 3.05) is 6.54 Å². The molecule has 0 saturated carbocycles. The first kappa shape index (κ1) is 12.8. The summed E-state index contributed by atoms with van der Waals surface area (Å²) in [6.45, 7) is 6.22. The minimum Gasteiger partial charge on any atom is -0.312 e. The van der Waals surface area contributed by atoms with Crippen molar-refractivity contribution in [1.29, 1.82) is 0 Å². The Morgan fingerprint density at radius 1 is 1.17 bits per heavy atom. The second-order valence-electron chi connectivity index (χ2n) is 4.79. The highest BCUT2D eigenvalue weighted by atomic mass is 15.3. The van der Waals surface area contributed by atoms with Gasteiger partial charge in [-0.25, -0.2) is 0 Å². The maximum absolute atomic E-state index is 4.16. The number of hydrogen-bond donors (Lipinski definition) is 1. The molecule has 0 aliphatic heterocycles. The smallest absolute Gasteiger partial charge is 0.0492 e. The Morgan fingerprint density at radius 2 is 2.00 bits per heavy atom. The van der Waals surface area contributed by atoms with Gasteiger partial charge in [-0.1, -0.05) is 18.2 Å². The molecule has 0 spiro atoms. The lowest BCUT2D eigenvalue weighted by Gasteiger charge is -2.07. The normalized spacial score (nSPS) is 10.8. The molecule has 96 valence electrons. The molecule has 0 aliphatic carbocycles. The molecule has 0 radical (unpaired) electrons. The number of nitrogens with one attached hydrogen (secondary N) is 1. The molecule has 0 amide bonds. The Labute approximate surface area is 109 Å². The number of hydrogen-bond acceptors (Lipinski definition) is 2. The summed E-state index contributed by atoms with van der Waals surface area (Å²) in [7, 11) is 1.98. The molecule has 0 fully saturated rings. The summed E-state index contributed by atoms with van der Waals surface area (Å²) < 4.78 is 1.93. The van der Waals surface area contributed by atoms with Crippen molar-refractivity contribution in [3.8, 4) is 0 Å². The molecule has 3 heteroatoms. The predicted octanol–water partition coefficient (Wildman–Crippen LogP) is 2.37. The number of rotatable bonds is 5. The van der Waals surface area contributed by atoms with E-state index in [0.29, 0.717) is 0 Å². The number of nitrogens with zero attached hydrogens (tertiary/aromatic N) is 2. The van der Waals surface area contributed by atoms with Gasteiger partial charge in [0.05, 0.1) is 0 Å². The molecule has 18 heavy (non-hydrogen) atoms. The van der Waals surface area contributed by atoms with Crippen molar-refractivity contribution in [3.63, 3.8) is 0 Å². The van der Waals surface area contributed by atoms with Crippen LogP contribution in [-0.4, -0.2) is 16.3 Å². The van der Waals surface area contributed by atoms with Gasteiger partial charge in [0, 0.05) is 38.4 Å². The van der Waals surface area contributed by atoms with Crippen LogP contribution in [0.4, 0.5) is 0 Å². The van der Waals surface area contributed by atoms with E-state index in [9.17, 15) is 0 Å².